The van der Waals surface area contributed by atoms with Crippen LogP contribution in [0.25, 0.3) is 11.1 Å². The predicted octanol–water partition coefficient (Wildman–Crippen LogP) is 6.68. The highest BCUT2D eigenvalue weighted by molar-refractivity contribution is 6.30. The summed E-state index contributed by atoms with van der Waals surface area (Å²) in [6.45, 7) is 1.17. The maximum Gasteiger partial charge on any atom is 0.295 e. The number of amides is 1. The van der Waals surface area contributed by atoms with Gasteiger partial charge in [0.1, 0.15) is 5.52 Å². The zero-order valence-corrected chi connectivity index (χ0v) is 19.1. The van der Waals surface area contributed by atoms with Crippen molar-refractivity contribution in [1.29, 1.82) is 0 Å². The first-order chi connectivity index (χ1) is 16.2. The summed E-state index contributed by atoms with van der Waals surface area (Å²) < 4.78 is 5.83. The molecule has 1 aromatic heterocycles. The number of nitrogens with one attached hydrogen (secondary N) is 1. The fraction of sp³-hybridized carbons (Fsp3) is 0.259. The van der Waals surface area contributed by atoms with Crippen LogP contribution >= 0.6 is 11.6 Å². The van der Waals surface area contributed by atoms with Crippen molar-refractivity contribution < 1.29 is 9.21 Å². The molecule has 33 heavy (non-hydrogen) atoms. The molecule has 1 heterocycles. The zero-order chi connectivity index (χ0) is 22.6. The lowest BCUT2D eigenvalue weighted by molar-refractivity contribution is 0.0664. The minimum absolute atomic E-state index is 0.0455. The third kappa shape index (κ3) is 5.04. The Morgan fingerprint density at radius 3 is 2.58 bits per heavy atom. The van der Waals surface area contributed by atoms with Gasteiger partial charge in [0, 0.05) is 29.7 Å². The minimum atomic E-state index is 0.0455. The van der Waals surface area contributed by atoms with E-state index in [1.54, 1.807) is 0 Å². The Balaban J connectivity index is 1.35. The van der Waals surface area contributed by atoms with Crippen LogP contribution in [0, 0.1) is 0 Å². The Hall–Kier alpha value is -3.31. The third-order valence-corrected chi connectivity index (χ3v) is 6.42. The second-order valence-electron chi connectivity index (χ2n) is 8.54. The highest BCUT2D eigenvalue weighted by atomic mass is 35.5. The van der Waals surface area contributed by atoms with E-state index in [0.717, 1.165) is 24.0 Å². The van der Waals surface area contributed by atoms with Crippen molar-refractivity contribution in [2.45, 2.75) is 44.8 Å². The zero-order valence-electron chi connectivity index (χ0n) is 18.3. The SMILES string of the molecule is O=C(c1ccc2oc(NCc3cccc(Cl)c3)nc2c1)N(Cc1ccccc1)C1CCCC1. The second-order valence-corrected chi connectivity index (χ2v) is 8.98. The number of anilines is 1. The lowest BCUT2D eigenvalue weighted by Crippen LogP contribution is -2.38. The average Bonchev–Trinajstić information content (AvgIpc) is 3.51. The van der Waals surface area contributed by atoms with Gasteiger partial charge in [0.05, 0.1) is 0 Å². The summed E-state index contributed by atoms with van der Waals surface area (Å²) in [6.07, 6.45) is 4.46. The van der Waals surface area contributed by atoms with Crippen LogP contribution in [0.5, 0.6) is 0 Å². The van der Waals surface area contributed by atoms with Crippen LogP contribution in [0.2, 0.25) is 5.02 Å². The van der Waals surface area contributed by atoms with Gasteiger partial charge < -0.3 is 14.6 Å². The van der Waals surface area contributed by atoms with Gasteiger partial charge in [-0.05, 0) is 54.3 Å². The van der Waals surface area contributed by atoms with Crippen LogP contribution in [0.1, 0.15) is 47.2 Å². The summed E-state index contributed by atoms with van der Waals surface area (Å²) in [6, 6.07) is 24.0. The van der Waals surface area contributed by atoms with Crippen LogP contribution in [0.4, 0.5) is 6.01 Å². The van der Waals surface area contributed by atoms with Crippen molar-refractivity contribution in [3.05, 3.63) is 94.5 Å². The Morgan fingerprint density at radius 1 is 1.00 bits per heavy atom. The Bertz CT molecular complexity index is 1250. The molecule has 0 radical (unpaired) electrons. The van der Waals surface area contributed by atoms with Crippen LogP contribution in [0.3, 0.4) is 0 Å². The topological polar surface area (TPSA) is 58.4 Å². The number of rotatable bonds is 7. The van der Waals surface area contributed by atoms with Crippen molar-refractivity contribution >= 4 is 34.6 Å². The van der Waals surface area contributed by atoms with Crippen molar-refractivity contribution in [1.82, 2.24) is 9.88 Å². The highest BCUT2D eigenvalue weighted by Gasteiger charge is 2.28. The second kappa shape index (κ2) is 9.67. The summed E-state index contributed by atoms with van der Waals surface area (Å²) in [4.78, 5) is 20.2. The number of hydrogen-bond acceptors (Lipinski definition) is 4. The molecule has 6 heteroatoms. The standard InChI is InChI=1S/C27H26ClN3O2/c28-22-10-6-9-20(15-22)17-29-27-30-24-16-21(13-14-25(24)33-27)26(32)31(23-11-4-5-12-23)18-19-7-2-1-3-8-19/h1-3,6-10,13-16,23H,4-5,11-12,17-18H2,(H,29,30). The largest absolute Gasteiger partial charge is 0.424 e. The van der Waals surface area contributed by atoms with Gasteiger partial charge in [-0.15, -0.1) is 0 Å². The summed E-state index contributed by atoms with van der Waals surface area (Å²) >= 11 is 6.06. The molecule has 1 N–H and O–H groups in total. The number of carbonyl (C=O) groups is 1. The molecule has 0 saturated heterocycles. The van der Waals surface area contributed by atoms with E-state index in [1.807, 2.05) is 65.6 Å². The summed E-state index contributed by atoms with van der Waals surface area (Å²) in [7, 11) is 0. The lowest BCUT2D eigenvalue weighted by Gasteiger charge is -2.29. The molecule has 0 spiro atoms. The smallest absolute Gasteiger partial charge is 0.295 e. The summed E-state index contributed by atoms with van der Waals surface area (Å²) in [5.74, 6) is 0.0455. The molecule has 0 atom stereocenters. The molecule has 3 aromatic carbocycles. The maximum atomic E-state index is 13.6. The average molecular weight is 460 g/mol. The van der Waals surface area contributed by atoms with E-state index in [1.165, 1.54) is 12.8 Å². The van der Waals surface area contributed by atoms with Crippen LogP contribution in [-0.2, 0) is 13.1 Å². The molecule has 1 fully saturated rings. The normalized spacial score (nSPS) is 14.0. The Labute approximate surface area is 198 Å². The van der Waals surface area contributed by atoms with E-state index >= 15 is 0 Å². The lowest BCUT2D eigenvalue weighted by atomic mass is 10.1. The van der Waals surface area contributed by atoms with E-state index in [9.17, 15) is 4.79 Å². The monoisotopic (exact) mass is 459 g/mol. The molecular formula is C27H26ClN3O2. The molecule has 5 nitrogen and oxygen atoms in total. The number of halogens is 1. The van der Waals surface area contributed by atoms with E-state index in [0.29, 0.717) is 40.8 Å². The highest BCUT2D eigenvalue weighted by Crippen LogP contribution is 2.28. The molecule has 1 aliphatic rings. The Kier molecular flexibility index (Phi) is 6.31. The fourth-order valence-electron chi connectivity index (χ4n) is 4.49. The third-order valence-electron chi connectivity index (χ3n) is 6.19. The molecule has 5 rings (SSSR count). The first kappa shape index (κ1) is 21.5. The summed E-state index contributed by atoms with van der Waals surface area (Å²) in [5.41, 5.74) is 4.14. The van der Waals surface area contributed by atoms with Crippen molar-refractivity contribution in [3.63, 3.8) is 0 Å². The fourth-order valence-corrected chi connectivity index (χ4v) is 4.70. The Morgan fingerprint density at radius 2 is 1.79 bits per heavy atom. The minimum Gasteiger partial charge on any atom is -0.424 e. The van der Waals surface area contributed by atoms with Crippen molar-refractivity contribution in [2.24, 2.45) is 0 Å². The molecule has 4 aromatic rings. The number of carbonyl (C=O) groups excluding carboxylic acids is 1. The van der Waals surface area contributed by atoms with Crippen molar-refractivity contribution in [2.75, 3.05) is 5.32 Å². The molecule has 1 amide bonds. The van der Waals surface area contributed by atoms with Gasteiger partial charge in [0.2, 0.25) is 0 Å². The number of aromatic nitrogens is 1. The van der Waals surface area contributed by atoms with E-state index in [4.69, 9.17) is 16.0 Å². The van der Waals surface area contributed by atoms with Crippen LogP contribution in [-0.4, -0.2) is 21.8 Å². The van der Waals surface area contributed by atoms with Crippen LogP contribution in [0.15, 0.2) is 77.2 Å². The molecule has 1 aliphatic carbocycles. The maximum absolute atomic E-state index is 13.6. The van der Waals surface area contributed by atoms with Gasteiger partial charge in [-0.3, -0.25) is 4.79 Å². The van der Waals surface area contributed by atoms with Gasteiger partial charge in [0.15, 0.2) is 5.58 Å². The number of oxazole rings is 1. The number of benzene rings is 3. The van der Waals surface area contributed by atoms with E-state index in [2.05, 4.69) is 22.4 Å². The van der Waals surface area contributed by atoms with Gasteiger partial charge >= 0.3 is 0 Å². The first-order valence-corrected chi connectivity index (χ1v) is 11.8. The molecule has 0 unspecified atom stereocenters. The molecule has 0 bridgehead atoms. The number of hydrogen-bond donors (Lipinski definition) is 1. The van der Waals surface area contributed by atoms with E-state index in [-0.39, 0.29) is 11.9 Å². The van der Waals surface area contributed by atoms with Gasteiger partial charge in [-0.25, -0.2) is 0 Å². The van der Waals surface area contributed by atoms with Crippen molar-refractivity contribution in [3.8, 4) is 0 Å². The molecule has 0 aliphatic heterocycles. The quantitative estimate of drug-likeness (QED) is 0.335. The van der Waals surface area contributed by atoms with Gasteiger partial charge in [0.25, 0.3) is 11.9 Å². The van der Waals surface area contributed by atoms with Gasteiger partial charge in [-0.1, -0.05) is 66.9 Å². The molecule has 168 valence electrons. The number of nitrogens with zero attached hydrogens (tertiary/aromatic N) is 2. The first-order valence-electron chi connectivity index (χ1n) is 11.4. The molecular weight excluding hydrogens is 434 g/mol. The van der Waals surface area contributed by atoms with Gasteiger partial charge in [-0.2, -0.15) is 4.98 Å². The predicted molar refractivity (Wildman–Crippen MR) is 131 cm³/mol. The van der Waals surface area contributed by atoms with E-state index < -0.39 is 0 Å². The van der Waals surface area contributed by atoms with Crippen LogP contribution < -0.4 is 5.32 Å². The number of fused-ring (bicyclic) bond motifs is 1. The summed E-state index contributed by atoms with van der Waals surface area (Å²) in [5, 5.41) is 3.89. The molecule has 1 saturated carbocycles.